The van der Waals surface area contributed by atoms with Crippen molar-refractivity contribution < 1.29 is 4.79 Å². The molecule has 0 unspecified atom stereocenters. The van der Waals surface area contributed by atoms with Crippen LogP contribution in [-0.4, -0.2) is 32.1 Å². The monoisotopic (exact) mass is 374 g/mol. The topological polar surface area (TPSA) is 51.0 Å². The lowest BCUT2D eigenvalue weighted by atomic mass is 9.97. The van der Waals surface area contributed by atoms with Crippen LogP contribution in [0.2, 0.25) is 0 Å². The molecule has 2 heterocycles. The molecule has 3 aromatic rings. The number of fused-ring (bicyclic) bond motifs is 1. The number of hydrogen-bond acceptors (Lipinski definition) is 3. The third-order valence-electron chi connectivity index (χ3n) is 5.34. The molecule has 1 aliphatic heterocycles. The van der Waals surface area contributed by atoms with Crippen LogP contribution in [0.4, 0.5) is 0 Å². The molecule has 0 fully saturated rings. The highest BCUT2D eigenvalue weighted by molar-refractivity contribution is 6.00. The van der Waals surface area contributed by atoms with E-state index in [1.165, 1.54) is 0 Å². The zero-order valence-corrected chi connectivity index (χ0v) is 16.7. The first-order valence-corrected chi connectivity index (χ1v) is 9.88. The molecule has 5 nitrogen and oxygen atoms in total. The molecular formula is C23H26N4O. The molecule has 1 amide bonds. The van der Waals surface area contributed by atoms with Crippen molar-refractivity contribution in [2.75, 3.05) is 6.54 Å². The summed E-state index contributed by atoms with van der Waals surface area (Å²) in [4.78, 5) is 15.4. The molecule has 2 aromatic carbocycles. The zero-order chi connectivity index (χ0) is 19.7. The van der Waals surface area contributed by atoms with E-state index in [9.17, 15) is 4.79 Å². The summed E-state index contributed by atoms with van der Waals surface area (Å²) in [5.74, 6) is 2.39. The van der Waals surface area contributed by atoms with Gasteiger partial charge in [0.05, 0.1) is 12.6 Å². The lowest BCUT2D eigenvalue weighted by molar-refractivity contribution is 0.0661. The average Bonchev–Trinajstić information content (AvgIpc) is 3.09. The molecule has 0 saturated heterocycles. The Bertz CT molecular complexity index is 977. The van der Waals surface area contributed by atoms with Crippen LogP contribution in [0, 0.1) is 12.8 Å². The van der Waals surface area contributed by atoms with Gasteiger partial charge in [-0.25, -0.2) is 0 Å². The Morgan fingerprint density at radius 1 is 1.07 bits per heavy atom. The molecule has 0 saturated carbocycles. The Labute approximate surface area is 166 Å². The highest BCUT2D eigenvalue weighted by atomic mass is 16.2. The first-order chi connectivity index (χ1) is 13.5. The van der Waals surface area contributed by atoms with Gasteiger partial charge in [0.25, 0.3) is 5.91 Å². The number of hydrogen-bond donors (Lipinski definition) is 0. The van der Waals surface area contributed by atoms with Crippen molar-refractivity contribution in [1.82, 2.24) is 19.7 Å². The normalized spacial score (nSPS) is 16.3. The van der Waals surface area contributed by atoms with Crippen LogP contribution in [0.25, 0.3) is 11.1 Å². The van der Waals surface area contributed by atoms with Gasteiger partial charge in [0.2, 0.25) is 0 Å². The van der Waals surface area contributed by atoms with Crippen molar-refractivity contribution in [3.05, 3.63) is 71.8 Å². The van der Waals surface area contributed by atoms with E-state index < -0.39 is 0 Å². The summed E-state index contributed by atoms with van der Waals surface area (Å²) >= 11 is 0. The number of carbonyl (C=O) groups excluding carboxylic acids is 1. The van der Waals surface area contributed by atoms with E-state index in [0.29, 0.717) is 19.0 Å². The maximum atomic E-state index is 13.5. The van der Waals surface area contributed by atoms with Gasteiger partial charge >= 0.3 is 0 Å². The highest BCUT2D eigenvalue weighted by Gasteiger charge is 2.32. The molecule has 4 rings (SSSR count). The standard InChI is InChI=1S/C23H26N4O/c1-16(2)13-19-14-26(15-22-25-24-17(3)27(19)22)23(28)21-12-8-7-11-20(21)18-9-5-4-6-10-18/h4-12,16,19H,13-15H2,1-3H3/t19-/m0/s1. The predicted octanol–water partition coefficient (Wildman–Crippen LogP) is 4.50. The van der Waals surface area contributed by atoms with Crippen molar-refractivity contribution in [2.45, 2.75) is 39.8 Å². The van der Waals surface area contributed by atoms with E-state index >= 15 is 0 Å². The fourth-order valence-corrected chi connectivity index (χ4v) is 4.16. The molecule has 0 radical (unpaired) electrons. The summed E-state index contributed by atoms with van der Waals surface area (Å²) in [6.45, 7) is 7.60. The summed E-state index contributed by atoms with van der Waals surface area (Å²) in [5, 5.41) is 8.60. The van der Waals surface area contributed by atoms with Crippen molar-refractivity contribution in [3.8, 4) is 11.1 Å². The number of rotatable bonds is 4. The minimum Gasteiger partial charge on any atom is -0.329 e. The second-order valence-electron chi connectivity index (χ2n) is 7.91. The van der Waals surface area contributed by atoms with Crippen molar-refractivity contribution in [2.24, 2.45) is 5.92 Å². The van der Waals surface area contributed by atoms with Crippen molar-refractivity contribution >= 4 is 5.91 Å². The number of carbonyl (C=O) groups is 1. The Morgan fingerprint density at radius 3 is 2.54 bits per heavy atom. The van der Waals surface area contributed by atoms with E-state index in [1.54, 1.807) is 0 Å². The van der Waals surface area contributed by atoms with Crippen LogP contribution >= 0.6 is 0 Å². The summed E-state index contributed by atoms with van der Waals surface area (Å²) in [7, 11) is 0. The minimum absolute atomic E-state index is 0.0557. The van der Waals surface area contributed by atoms with Crippen LogP contribution in [0.15, 0.2) is 54.6 Å². The molecule has 1 atom stereocenters. The molecule has 5 heteroatoms. The van der Waals surface area contributed by atoms with Gasteiger partial charge in [0, 0.05) is 12.1 Å². The lowest BCUT2D eigenvalue weighted by Gasteiger charge is -2.35. The maximum Gasteiger partial charge on any atom is 0.254 e. The summed E-state index contributed by atoms with van der Waals surface area (Å²) in [6, 6.07) is 18.2. The fraction of sp³-hybridized carbons (Fsp3) is 0.348. The van der Waals surface area contributed by atoms with Gasteiger partial charge in [-0.1, -0.05) is 62.4 Å². The van der Waals surface area contributed by atoms with Gasteiger partial charge in [0.1, 0.15) is 5.82 Å². The second kappa shape index (κ2) is 7.58. The molecule has 0 aliphatic carbocycles. The molecule has 0 N–H and O–H groups in total. The van der Waals surface area contributed by atoms with E-state index in [-0.39, 0.29) is 11.9 Å². The number of amides is 1. The maximum absolute atomic E-state index is 13.5. The van der Waals surface area contributed by atoms with Crippen molar-refractivity contribution in [1.29, 1.82) is 0 Å². The molecule has 28 heavy (non-hydrogen) atoms. The highest BCUT2D eigenvalue weighted by Crippen LogP contribution is 2.30. The van der Waals surface area contributed by atoms with Crippen molar-refractivity contribution in [3.63, 3.8) is 0 Å². The first kappa shape index (κ1) is 18.4. The largest absolute Gasteiger partial charge is 0.329 e. The van der Waals surface area contributed by atoms with Gasteiger partial charge < -0.3 is 9.47 Å². The van der Waals surface area contributed by atoms with Crippen LogP contribution in [0.5, 0.6) is 0 Å². The van der Waals surface area contributed by atoms with E-state index in [4.69, 9.17) is 0 Å². The Balaban J connectivity index is 1.68. The first-order valence-electron chi connectivity index (χ1n) is 9.88. The smallest absolute Gasteiger partial charge is 0.254 e. The molecule has 144 valence electrons. The third kappa shape index (κ3) is 3.44. The van der Waals surface area contributed by atoms with Gasteiger partial charge in [-0.05, 0) is 36.5 Å². The fourth-order valence-electron chi connectivity index (χ4n) is 4.16. The quantitative estimate of drug-likeness (QED) is 0.676. The van der Waals surface area contributed by atoms with Gasteiger partial charge in [-0.3, -0.25) is 4.79 Å². The van der Waals surface area contributed by atoms with Gasteiger partial charge in [-0.15, -0.1) is 10.2 Å². The van der Waals surface area contributed by atoms with Crippen LogP contribution in [-0.2, 0) is 6.54 Å². The Kier molecular flexibility index (Phi) is 4.99. The molecule has 1 aromatic heterocycles. The number of aromatic nitrogens is 3. The van der Waals surface area contributed by atoms with Gasteiger partial charge in [0.15, 0.2) is 5.82 Å². The van der Waals surface area contributed by atoms with E-state index in [2.05, 4.69) is 28.6 Å². The van der Waals surface area contributed by atoms with E-state index in [0.717, 1.165) is 34.8 Å². The molecule has 0 bridgehead atoms. The number of benzene rings is 2. The second-order valence-corrected chi connectivity index (χ2v) is 7.91. The van der Waals surface area contributed by atoms with Crippen LogP contribution in [0.3, 0.4) is 0 Å². The SMILES string of the molecule is Cc1nnc2n1[C@@H](CC(C)C)CN(C(=O)c1ccccc1-c1ccccc1)C2. The summed E-state index contributed by atoms with van der Waals surface area (Å²) < 4.78 is 2.22. The van der Waals surface area contributed by atoms with Gasteiger partial charge in [-0.2, -0.15) is 0 Å². The third-order valence-corrected chi connectivity index (χ3v) is 5.34. The minimum atomic E-state index is 0.0557. The van der Waals surface area contributed by atoms with Crippen LogP contribution < -0.4 is 0 Å². The predicted molar refractivity (Wildman–Crippen MR) is 110 cm³/mol. The number of aryl methyl sites for hydroxylation is 1. The number of nitrogens with zero attached hydrogens (tertiary/aromatic N) is 4. The average molecular weight is 374 g/mol. The molecule has 1 aliphatic rings. The van der Waals surface area contributed by atoms with Crippen LogP contribution in [0.1, 0.15) is 48.3 Å². The zero-order valence-electron chi connectivity index (χ0n) is 16.7. The lowest BCUT2D eigenvalue weighted by Crippen LogP contribution is -2.42. The Hall–Kier alpha value is -2.95. The molecular weight excluding hydrogens is 348 g/mol. The summed E-state index contributed by atoms with van der Waals surface area (Å²) in [6.07, 6.45) is 0.996. The van der Waals surface area contributed by atoms with E-state index in [1.807, 2.05) is 66.4 Å². The Morgan fingerprint density at radius 2 is 1.79 bits per heavy atom. The summed E-state index contributed by atoms with van der Waals surface area (Å²) in [5.41, 5.74) is 2.76. The molecule has 0 spiro atoms.